The van der Waals surface area contributed by atoms with Crippen LogP contribution >= 0.6 is 0 Å². The van der Waals surface area contributed by atoms with Crippen molar-refractivity contribution in [1.29, 1.82) is 0 Å². The van der Waals surface area contributed by atoms with Gasteiger partial charge < -0.3 is 9.80 Å². The number of benzene rings is 3. The predicted octanol–water partition coefficient (Wildman–Crippen LogP) is 6.74. The molecular formula is C38H34F3N5O2. The van der Waals surface area contributed by atoms with Gasteiger partial charge in [0.1, 0.15) is 6.04 Å². The molecule has 0 N–H and O–H groups in total. The summed E-state index contributed by atoms with van der Waals surface area (Å²) in [6.07, 6.45) is 2.72. The van der Waals surface area contributed by atoms with E-state index in [0.29, 0.717) is 30.8 Å². The first-order valence-electron chi connectivity index (χ1n) is 15.6. The van der Waals surface area contributed by atoms with E-state index < -0.39 is 23.7 Å². The van der Waals surface area contributed by atoms with Crippen LogP contribution in [0.25, 0.3) is 17.3 Å². The van der Waals surface area contributed by atoms with E-state index in [4.69, 9.17) is 0 Å². The van der Waals surface area contributed by atoms with Gasteiger partial charge in [0, 0.05) is 57.1 Å². The molecule has 244 valence electrons. The Balaban J connectivity index is 1.33. The summed E-state index contributed by atoms with van der Waals surface area (Å²) in [6.45, 7) is 1.05. The number of alkyl halides is 3. The lowest BCUT2D eigenvalue weighted by Crippen LogP contribution is -2.52. The van der Waals surface area contributed by atoms with Gasteiger partial charge in [-0.25, -0.2) is 0 Å². The molecule has 6 rings (SSSR count). The van der Waals surface area contributed by atoms with E-state index in [1.807, 2.05) is 66.7 Å². The molecule has 0 bridgehead atoms. The van der Waals surface area contributed by atoms with Crippen LogP contribution in [0, 0.1) is 0 Å². The van der Waals surface area contributed by atoms with E-state index in [1.165, 1.54) is 34.7 Å². The van der Waals surface area contributed by atoms with Crippen LogP contribution in [0.2, 0.25) is 0 Å². The molecule has 7 nitrogen and oxygen atoms in total. The molecule has 0 radical (unpaired) electrons. The summed E-state index contributed by atoms with van der Waals surface area (Å²) in [4.78, 5) is 36.3. The average Bonchev–Trinajstić information content (AvgIpc) is 3.52. The molecule has 0 saturated heterocycles. The summed E-state index contributed by atoms with van der Waals surface area (Å²) in [5.41, 5.74) is 5.10. The third-order valence-corrected chi connectivity index (χ3v) is 8.48. The minimum absolute atomic E-state index is 0.117. The Morgan fingerprint density at radius 1 is 0.917 bits per heavy atom. The lowest BCUT2D eigenvalue weighted by molar-refractivity contribution is -0.144. The largest absolute Gasteiger partial charge is 0.416 e. The molecule has 1 unspecified atom stereocenters. The summed E-state index contributed by atoms with van der Waals surface area (Å²) < 4.78 is 41.0. The number of carbonyl (C=O) groups excluding carboxylic acids is 2. The number of aromatic nitrogens is 3. The average molecular weight is 650 g/mol. The Morgan fingerprint density at radius 2 is 1.65 bits per heavy atom. The molecule has 10 heteroatoms. The summed E-state index contributed by atoms with van der Waals surface area (Å²) in [5.74, 6) is -0.646. The number of halogens is 3. The number of hydrogen-bond donors (Lipinski definition) is 0. The van der Waals surface area contributed by atoms with Crippen LogP contribution in [-0.4, -0.2) is 49.0 Å². The first-order valence-corrected chi connectivity index (χ1v) is 15.6. The van der Waals surface area contributed by atoms with Crippen LogP contribution in [0.5, 0.6) is 0 Å². The van der Waals surface area contributed by atoms with Gasteiger partial charge >= 0.3 is 6.18 Å². The molecule has 48 heavy (non-hydrogen) atoms. The highest BCUT2D eigenvalue weighted by Gasteiger charge is 2.35. The quantitative estimate of drug-likeness (QED) is 0.166. The first kappa shape index (κ1) is 32.4. The summed E-state index contributed by atoms with van der Waals surface area (Å²) in [6, 6.07) is 26.9. The number of carbonyl (C=O) groups is 2. The number of rotatable bonds is 9. The van der Waals surface area contributed by atoms with Gasteiger partial charge in [0.05, 0.1) is 17.0 Å². The minimum Gasteiger partial charge on any atom is -0.336 e. The molecule has 1 atom stereocenters. The Morgan fingerprint density at radius 3 is 2.31 bits per heavy atom. The number of pyridine rings is 1. The number of amides is 2. The van der Waals surface area contributed by atoms with E-state index in [1.54, 1.807) is 29.0 Å². The second-order valence-electron chi connectivity index (χ2n) is 11.8. The molecule has 0 fully saturated rings. The van der Waals surface area contributed by atoms with Crippen molar-refractivity contribution in [3.05, 3.63) is 149 Å². The number of hydrogen-bond acceptors (Lipinski definition) is 4. The van der Waals surface area contributed by atoms with Crippen molar-refractivity contribution in [2.24, 2.45) is 7.05 Å². The molecule has 0 spiro atoms. The highest BCUT2D eigenvalue weighted by Crippen LogP contribution is 2.29. The van der Waals surface area contributed by atoms with E-state index in [-0.39, 0.29) is 18.9 Å². The molecule has 1 aliphatic heterocycles. The van der Waals surface area contributed by atoms with Gasteiger partial charge in [-0.2, -0.15) is 18.3 Å². The van der Waals surface area contributed by atoms with Crippen molar-refractivity contribution >= 4 is 17.9 Å². The first-order chi connectivity index (χ1) is 23.1. The lowest BCUT2D eigenvalue weighted by atomic mass is 9.98. The summed E-state index contributed by atoms with van der Waals surface area (Å²) in [5, 5.41) is 4.52. The van der Waals surface area contributed by atoms with Gasteiger partial charge in [-0.3, -0.25) is 19.3 Å². The molecule has 3 heterocycles. The number of nitrogens with zero attached hydrogens (tertiary/aromatic N) is 5. The van der Waals surface area contributed by atoms with Crippen LogP contribution in [-0.2, 0) is 48.7 Å². The van der Waals surface area contributed by atoms with Crippen molar-refractivity contribution in [2.45, 2.75) is 38.1 Å². The Bertz CT molecular complexity index is 1900. The van der Waals surface area contributed by atoms with Crippen molar-refractivity contribution in [3.8, 4) is 11.3 Å². The van der Waals surface area contributed by atoms with Crippen LogP contribution in [0.3, 0.4) is 0 Å². The zero-order valence-corrected chi connectivity index (χ0v) is 26.3. The molecule has 1 aliphatic rings. The Kier molecular flexibility index (Phi) is 9.52. The van der Waals surface area contributed by atoms with Crippen LogP contribution in [0.1, 0.15) is 33.5 Å². The van der Waals surface area contributed by atoms with Crippen molar-refractivity contribution in [2.75, 3.05) is 6.54 Å². The summed E-state index contributed by atoms with van der Waals surface area (Å²) in [7, 11) is 1.79. The van der Waals surface area contributed by atoms with Gasteiger partial charge in [-0.1, -0.05) is 66.7 Å². The lowest BCUT2D eigenvalue weighted by Gasteiger charge is -2.36. The van der Waals surface area contributed by atoms with Crippen LogP contribution in [0.15, 0.2) is 116 Å². The van der Waals surface area contributed by atoms with Gasteiger partial charge in [0.2, 0.25) is 11.8 Å². The monoisotopic (exact) mass is 649 g/mol. The van der Waals surface area contributed by atoms with Gasteiger partial charge in [0.15, 0.2) is 0 Å². The third-order valence-electron chi connectivity index (χ3n) is 8.48. The van der Waals surface area contributed by atoms with E-state index in [0.717, 1.165) is 34.5 Å². The van der Waals surface area contributed by atoms with Gasteiger partial charge in [-0.05, 0) is 65.1 Å². The van der Waals surface area contributed by atoms with E-state index in [2.05, 4.69) is 16.1 Å². The zero-order chi connectivity index (χ0) is 33.7. The smallest absolute Gasteiger partial charge is 0.336 e. The second-order valence-corrected chi connectivity index (χ2v) is 11.8. The van der Waals surface area contributed by atoms with Crippen molar-refractivity contribution in [3.63, 3.8) is 0 Å². The molecule has 5 aromatic rings. The molecular weight excluding hydrogens is 615 g/mol. The highest BCUT2D eigenvalue weighted by atomic mass is 19.4. The number of aryl methyl sites for hydroxylation is 1. The standard InChI is InChI=1S/C38H34F3N5O2/c1-44-22-20-33(43-44)24-35(37(48)45-23-19-29-6-2-3-7-31(29)26-45)46(25-28-9-14-30(15-10-28)34-8-4-5-21-42-34)36(47)18-13-27-11-16-32(17-12-27)38(39,40)41/h2-18,20-22,35H,19,23-26H2,1H3. The maximum absolute atomic E-state index is 14.5. The van der Waals surface area contributed by atoms with Crippen molar-refractivity contribution < 1.29 is 22.8 Å². The van der Waals surface area contributed by atoms with Crippen LogP contribution in [0.4, 0.5) is 13.2 Å². The highest BCUT2D eigenvalue weighted by molar-refractivity contribution is 5.95. The van der Waals surface area contributed by atoms with Gasteiger partial charge in [-0.15, -0.1) is 0 Å². The zero-order valence-electron chi connectivity index (χ0n) is 26.3. The fourth-order valence-corrected chi connectivity index (χ4v) is 5.89. The molecule has 2 amide bonds. The molecule has 2 aromatic heterocycles. The van der Waals surface area contributed by atoms with E-state index >= 15 is 0 Å². The minimum atomic E-state index is -4.46. The van der Waals surface area contributed by atoms with Crippen molar-refractivity contribution in [1.82, 2.24) is 24.6 Å². The topological polar surface area (TPSA) is 71.3 Å². The molecule has 0 aliphatic carbocycles. The molecule has 0 saturated carbocycles. The number of fused-ring (bicyclic) bond motifs is 1. The maximum atomic E-state index is 14.5. The van der Waals surface area contributed by atoms with Crippen LogP contribution < -0.4 is 0 Å². The third kappa shape index (κ3) is 7.71. The van der Waals surface area contributed by atoms with E-state index in [9.17, 15) is 22.8 Å². The second kappa shape index (κ2) is 14.1. The van der Waals surface area contributed by atoms with Gasteiger partial charge in [0.25, 0.3) is 0 Å². The fourth-order valence-electron chi connectivity index (χ4n) is 5.89. The fraction of sp³-hybridized carbons (Fsp3) is 0.211. The predicted molar refractivity (Wildman–Crippen MR) is 177 cm³/mol. The SMILES string of the molecule is Cn1ccc(CC(C(=O)N2CCc3ccccc3C2)N(Cc2ccc(-c3ccccn3)cc2)C(=O)C=Cc2ccc(C(F)(F)F)cc2)n1. The molecule has 3 aromatic carbocycles. The normalized spacial score (nSPS) is 13.7. The Hall–Kier alpha value is -5.51. The maximum Gasteiger partial charge on any atom is 0.416 e. The Labute approximate surface area is 277 Å². The summed E-state index contributed by atoms with van der Waals surface area (Å²) >= 11 is 0.